The molecule has 0 bridgehead atoms. The molecule has 0 atom stereocenters. The Morgan fingerprint density at radius 3 is 2.45 bits per heavy atom. The summed E-state index contributed by atoms with van der Waals surface area (Å²) in [5.41, 5.74) is 2.45. The van der Waals surface area contributed by atoms with Crippen LogP contribution in [0.1, 0.15) is 15.9 Å². The van der Waals surface area contributed by atoms with Crippen molar-refractivity contribution in [3.63, 3.8) is 0 Å². The zero-order valence-corrected chi connectivity index (χ0v) is 12.2. The lowest BCUT2D eigenvalue weighted by Crippen LogP contribution is -2.09. The molecule has 0 aromatic heterocycles. The van der Waals surface area contributed by atoms with Crippen molar-refractivity contribution in [2.45, 2.75) is 6.61 Å². The predicted octanol–water partition coefficient (Wildman–Crippen LogP) is 3.76. The van der Waals surface area contributed by atoms with Crippen molar-refractivity contribution in [2.24, 2.45) is 0 Å². The van der Waals surface area contributed by atoms with Crippen molar-refractivity contribution < 1.29 is 9.53 Å². The highest BCUT2D eigenvalue weighted by molar-refractivity contribution is 6.30. The SMILES string of the molecule is CN(C)c1ccc(C(=O)OCc2cccc(Cl)c2)cc1. The van der Waals surface area contributed by atoms with Crippen LogP contribution in [0, 0.1) is 0 Å². The van der Waals surface area contributed by atoms with Gasteiger partial charge in [0, 0.05) is 24.8 Å². The number of rotatable bonds is 4. The van der Waals surface area contributed by atoms with Crippen molar-refractivity contribution in [2.75, 3.05) is 19.0 Å². The van der Waals surface area contributed by atoms with Crippen molar-refractivity contribution in [1.82, 2.24) is 0 Å². The van der Waals surface area contributed by atoms with Gasteiger partial charge in [-0.1, -0.05) is 23.7 Å². The molecule has 0 aliphatic heterocycles. The third-order valence-electron chi connectivity index (χ3n) is 2.88. The highest BCUT2D eigenvalue weighted by atomic mass is 35.5. The normalized spacial score (nSPS) is 10.2. The molecule has 0 radical (unpaired) electrons. The van der Waals surface area contributed by atoms with Crippen LogP contribution in [0.3, 0.4) is 0 Å². The summed E-state index contributed by atoms with van der Waals surface area (Å²) in [6.45, 7) is 0.217. The Kier molecular flexibility index (Phi) is 4.64. The van der Waals surface area contributed by atoms with Gasteiger partial charge in [-0.2, -0.15) is 0 Å². The number of hydrogen-bond acceptors (Lipinski definition) is 3. The molecule has 20 heavy (non-hydrogen) atoms. The largest absolute Gasteiger partial charge is 0.457 e. The van der Waals surface area contributed by atoms with E-state index in [-0.39, 0.29) is 12.6 Å². The van der Waals surface area contributed by atoms with Crippen LogP contribution in [0.5, 0.6) is 0 Å². The van der Waals surface area contributed by atoms with E-state index in [1.54, 1.807) is 24.3 Å². The second-order valence-electron chi connectivity index (χ2n) is 4.65. The fraction of sp³-hybridized carbons (Fsp3) is 0.188. The van der Waals surface area contributed by atoms with E-state index in [2.05, 4.69) is 0 Å². The van der Waals surface area contributed by atoms with Crippen LogP contribution in [0.4, 0.5) is 5.69 Å². The highest BCUT2D eigenvalue weighted by Crippen LogP contribution is 2.15. The second-order valence-corrected chi connectivity index (χ2v) is 5.08. The Labute approximate surface area is 123 Å². The summed E-state index contributed by atoms with van der Waals surface area (Å²) >= 11 is 5.88. The molecule has 2 aromatic rings. The average molecular weight is 290 g/mol. The number of anilines is 1. The lowest BCUT2D eigenvalue weighted by atomic mass is 10.2. The zero-order valence-electron chi connectivity index (χ0n) is 11.5. The number of hydrogen-bond donors (Lipinski definition) is 0. The number of carbonyl (C=O) groups excluding carboxylic acids is 1. The minimum absolute atomic E-state index is 0.217. The summed E-state index contributed by atoms with van der Waals surface area (Å²) in [6.07, 6.45) is 0. The van der Waals surface area contributed by atoms with E-state index in [1.807, 2.05) is 43.3 Å². The molecule has 4 heteroatoms. The van der Waals surface area contributed by atoms with Gasteiger partial charge < -0.3 is 9.64 Å². The topological polar surface area (TPSA) is 29.5 Å². The Morgan fingerprint density at radius 1 is 1.15 bits per heavy atom. The quantitative estimate of drug-likeness (QED) is 0.803. The van der Waals surface area contributed by atoms with Gasteiger partial charge in [0.2, 0.25) is 0 Å². The number of esters is 1. The third kappa shape index (κ3) is 3.75. The van der Waals surface area contributed by atoms with Crippen molar-refractivity contribution in [3.05, 3.63) is 64.7 Å². The molecule has 0 aliphatic rings. The third-order valence-corrected chi connectivity index (χ3v) is 3.11. The van der Waals surface area contributed by atoms with E-state index in [0.717, 1.165) is 11.3 Å². The maximum Gasteiger partial charge on any atom is 0.338 e. The Hall–Kier alpha value is -2.00. The van der Waals surface area contributed by atoms with Gasteiger partial charge in [-0.05, 0) is 42.0 Å². The molecule has 2 rings (SSSR count). The summed E-state index contributed by atoms with van der Waals surface area (Å²) in [5, 5.41) is 0.633. The average Bonchev–Trinajstić information content (AvgIpc) is 2.45. The summed E-state index contributed by atoms with van der Waals surface area (Å²) in [6, 6.07) is 14.6. The van der Waals surface area contributed by atoms with Gasteiger partial charge >= 0.3 is 5.97 Å². The van der Waals surface area contributed by atoms with E-state index in [1.165, 1.54) is 0 Å². The molecule has 0 spiro atoms. The first kappa shape index (κ1) is 14.4. The molecular formula is C16H16ClNO2. The number of benzene rings is 2. The second kappa shape index (κ2) is 6.44. The van der Waals surface area contributed by atoms with Crippen molar-refractivity contribution >= 4 is 23.3 Å². The molecule has 2 aromatic carbocycles. The first-order valence-electron chi connectivity index (χ1n) is 6.25. The fourth-order valence-electron chi connectivity index (χ4n) is 1.75. The lowest BCUT2D eigenvalue weighted by Gasteiger charge is -2.12. The Balaban J connectivity index is 1.98. The maximum atomic E-state index is 11.9. The van der Waals surface area contributed by atoms with Gasteiger partial charge in [-0.25, -0.2) is 4.79 Å². The van der Waals surface area contributed by atoms with Crippen LogP contribution in [-0.2, 0) is 11.3 Å². The number of carbonyl (C=O) groups is 1. The predicted molar refractivity (Wildman–Crippen MR) is 81.3 cm³/mol. The molecule has 0 heterocycles. The summed E-state index contributed by atoms with van der Waals surface area (Å²) in [4.78, 5) is 13.9. The van der Waals surface area contributed by atoms with Gasteiger partial charge in [-0.3, -0.25) is 0 Å². The zero-order chi connectivity index (χ0) is 14.5. The van der Waals surface area contributed by atoms with Crippen LogP contribution in [-0.4, -0.2) is 20.1 Å². The maximum absolute atomic E-state index is 11.9. The van der Waals surface area contributed by atoms with Crippen LogP contribution in [0.25, 0.3) is 0 Å². The van der Waals surface area contributed by atoms with Crippen LogP contribution < -0.4 is 4.90 Å². The number of ether oxygens (including phenoxy) is 1. The van der Waals surface area contributed by atoms with E-state index in [0.29, 0.717) is 10.6 Å². The molecule has 0 unspecified atom stereocenters. The smallest absolute Gasteiger partial charge is 0.338 e. The van der Waals surface area contributed by atoms with Gasteiger partial charge in [0.05, 0.1) is 5.56 Å². The van der Waals surface area contributed by atoms with E-state index >= 15 is 0 Å². The van der Waals surface area contributed by atoms with Crippen molar-refractivity contribution in [3.8, 4) is 0 Å². The molecule has 104 valence electrons. The van der Waals surface area contributed by atoms with Gasteiger partial charge in [-0.15, -0.1) is 0 Å². The fourth-order valence-corrected chi connectivity index (χ4v) is 1.97. The first-order valence-corrected chi connectivity index (χ1v) is 6.63. The highest BCUT2D eigenvalue weighted by Gasteiger charge is 2.07. The molecule has 0 saturated heterocycles. The van der Waals surface area contributed by atoms with Crippen LogP contribution in [0.15, 0.2) is 48.5 Å². The lowest BCUT2D eigenvalue weighted by molar-refractivity contribution is 0.0473. The van der Waals surface area contributed by atoms with Gasteiger partial charge in [0.1, 0.15) is 6.61 Å². The standard InChI is InChI=1S/C16H16ClNO2/c1-18(2)15-8-6-13(7-9-15)16(19)20-11-12-4-3-5-14(17)10-12/h3-10H,11H2,1-2H3. The Bertz CT molecular complexity index is 594. The minimum Gasteiger partial charge on any atom is -0.457 e. The minimum atomic E-state index is -0.338. The van der Waals surface area contributed by atoms with Gasteiger partial charge in [0.15, 0.2) is 0 Å². The first-order chi connectivity index (χ1) is 9.56. The number of halogens is 1. The van der Waals surface area contributed by atoms with Crippen LogP contribution >= 0.6 is 11.6 Å². The van der Waals surface area contributed by atoms with E-state index in [4.69, 9.17) is 16.3 Å². The number of nitrogens with zero attached hydrogens (tertiary/aromatic N) is 1. The van der Waals surface area contributed by atoms with Crippen LogP contribution in [0.2, 0.25) is 5.02 Å². The van der Waals surface area contributed by atoms with E-state index in [9.17, 15) is 4.79 Å². The summed E-state index contributed by atoms with van der Waals surface area (Å²) in [7, 11) is 3.90. The molecule has 0 saturated carbocycles. The Morgan fingerprint density at radius 2 is 1.85 bits per heavy atom. The molecule has 0 fully saturated rings. The molecule has 3 nitrogen and oxygen atoms in total. The summed E-state index contributed by atoms with van der Waals surface area (Å²) in [5.74, 6) is -0.338. The molecular weight excluding hydrogens is 274 g/mol. The molecule has 0 N–H and O–H groups in total. The monoisotopic (exact) mass is 289 g/mol. The van der Waals surface area contributed by atoms with Gasteiger partial charge in [0.25, 0.3) is 0 Å². The summed E-state index contributed by atoms with van der Waals surface area (Å²) < 4.78 is 5.26. The molecule has 0 amide bonds. The van der Waals surface area contributed by atoms with Crippen molar-refractivity contribution in [1.29, 1.82) is 0 Å². The van der Waals surface area contributed by atoms with E-state index < -0.39 is 0 Å². The molecule has 0 aliphatic carbocycles.